The van der Waals surface area contributed by atoms with E-state index >= 15 is 0 Å². The molecule has 0 spiro atoms. The van der Waals surface area contributed by atoms with Crippen LogP contribution in [-0.4, -0.2) is 32.7 Å². The minimum atomic E-state index is -0.895. The summed E-state index contributed by atoms with van der Waals surface area (Å²) in [4.78, 5) is 27.8. The van der Waals surface area contributed by atoms with Crippen molar-refractivity contribution in [3.63, 3.8) is 0 Å². The third-order valence-corrected chi connectivity index (χ3v) is 6.80. The van der Waals surface area contributed by atoms with Crippen LogP contribution in [0.5, 0.6) is 0 Å². The molecule has 2 aromatic rings. The molecule has 0 fully saturated rings. The molecule has 4 rings (SSSR count). The fourth-order valence-corrected chi connectivity index (χ4v) is 5.09. The van der Waals surface area contributed by atoms with Gasteiger partial charge < -0.3 is 20.5 Å². The number of allylic oxidation sites excluding steroid dienone is 1. The van der Waals surface area contributed by atoms with E-state index in [2.05, 4.69) is 27.3 Å². The van der Waals surface area contributed by atoms with Crippen LogP contribution in [0.4, 0.5) is 5.69 Å². The highest BCUT2D eigenvalue weighted by Gasteiger charge is 2.43. The van der Waals surface area contributed by atoms with Crippen molar-refractivity contribution in [2.45, 2.75) is 18.9 Å². The molecule has 0 aromatic heterocycles. The normalized spacial score (nSPS) is 17.7. The number of carbonyl (C=O) groups is 2. The first kappa shape index (κ1) is 23.5. The molecule has 0 radical (unpaired) electrons. The highest BCUT2D eigenvalue weighted by Crippen LogP contribution is 2.45. The van der Waals surface area contributed by atoms with E-state index in [-0.39, 0.29) is 22.7 Å². The number of nitriles is 1. The van der Waals surface area contributed by atoms with Crippen molar-refractivity contribution in [2.75, 3.05) is 25.7 Å². The van der Waals surface area contributed by atoms with Gasteiger partial charge in [-0.1, -0.05) is 46.3 Å². The molecule has 2 aliphatic rings. The molecular formula is C25H23BrN4O4. The average Bonchev–Trinajstić information content (AvgIpc) is 2.88. The van der Waals surface area contributed by atoms with Gasteiger partial charge in [0.25, 0.3) is 0 Å². The molecule has 0 bridgehead atoms. The number of esters is 2. The van der Waals surface area contributed by atoms with E-state index in [1.807, 2.05) is 12.1 Å². The van der Waals surface area contributed by atoms with Crippen molar-refractivity contribution >= 4 is 33.6 Å². The van der Waals surface area contributed by atoms with Crippen LogP contribution in [-0.2, 0) is 32.0 Å². The van der Waals surface area contributed by atoms with Crippen molar-refractivity contribution in [1.29, 1.82) is 5.26 Å². The lowest BCUT2D eigenvalue weighted by Gasteiger charge is -2.37. The molecule has 0 saturated carbocycles. The number of hydrogen-bond donors (Lipinski definition) is 2. The lowest BCUT2D eigenvalue weighted by atomic mass is 9.80. The molecule has 1 unspecified atom stereocenters. The minimum absolute atomic E-state index is 0.00765. The summed E-state index contributed by atoms with van der Waals surface area (Å²) in [6.45, 7) is 1.33. The Kier molecular flexibility index (Phi) is 6.72. The summed E-state index contributed by atoms with van der Waals surface area (Å²) in [7, 11) is 2.47. The Hall–Kier alpha value is -3.61. The number of methoxy groups -OCH3 is 2. The monoisotopic (exact) mass is 522 g/mol. The maximum absolute atomic E-state index is 13.2. The first-order chi connectivity index (χ1) is 16.4. The highest BCUT2D eigenvalue weighted by molar-refractivity contribution is 9.10. The number of nitrogens with two attached hydrogens (primary N) is 1. The minimum Gasteiger partial charge on any atom is -0.466 e. The van der Waals surface area contributed by atoms with E-state index in [0.29, 0.717) is 17.8 Å². The molecule has 1 atom stereocenters. The second-order valence-electron chi connectivity index (χ2n) is 7.79. The molecule has 8 nitrogen and oxygen atoms in total. The second-order valence-corrected chi connectivity index (χ2v) is 8.64. The maximum atomic E-state index is 13.2. The number of nitrogens with zero attached hydrogens (tertiary/aromatic N) is 2. The lowest BCUT2D eigenvalue weighted by molar-refractivity contribution is -0.139. The van der Waals surface area contributed by atoms with Crippen molar-refractivity contribution in [2.24, 2.45) is 5.73 Å². The molecule has 9 heteroatoms. The van der Waals surface area contributed by atoms with Gasteiger partial charge >= 0.3 is 11.9 Å². The van der Waals surface area contributed by atoms with Gasteiger partial charge in [-0.05, 0) is 41.8 Å². The summed E-state index contributed by atoms with van der Waals surface area (Å²) in [6.07, 6.45) is 0.764. The molecule has 3 N–H and O–H groups in total. The molecule has 2 aliphatic heterocycles. The van der Waals surface area contributed by atoms with Gasteiger partial charge in [0.05, 0.1) is 43.0 Å². The Morgan fingerprint density at radius 2 is 1.82 bits per heavy atom. The Morgan fingerprint density at radius 3 is 2.47 bits per heavy atom. The number of fused-ring (bicyclic) bond motifs is 1. The third-order valence-electron chi connectivity index (χ3n) is 6.05. The van der Waals surface area contributed by atoms with E-state index < -0.39 is 17.9 Å². The number of ether oxygens (including phenoxy) is 2. The van der Waals surface area contributed by atoms with Crippen LogP contribution in [0.2, 0.25) is 0 Å². The van der Waals surface area contributed by atoms with Crippen LogP contribution < -0.4 is 16.0 Å². The van der Waals surface area contributed by atoms with Crippen molar-refractivity contribution in [3.05, 3.63) is 86.3 Å². The topological polar surface area (TPSA) is 118 Å². The molecular weight excluding hydrogens is 500 g/mol. The summed E-state index contributed by atoms with van der Waals surface area (Å²) in [5.74, 6) is -2.35. The van der Waals surface area contributed by atoms with Crippen LogP contribution in [0, 0.1) is 11.3 Å². The first-order valence-electron chi connectivity index (χ1n) is 10.6. The van der Waals surface area contributed by atoms with Crippen molar-refractivity contribution < 1.29 is 19.1 Å². The van der Waals surface area contributed by atoms with Gasteiger partial charge in [-0.25, -0.2) is 9.59 Å². The van der Waals surface area contributed by atoms with Crippen molar-refractivity contribution in [1.82, 2.24) is 5.32 Å². The fourth-order valence-electron chi connectivity index (χ4n) is 4.52. The van der Waals surface area contributed by atoms with E-state index in [0.717, 1.165) is 28.6 Å². The van der Waals surface area contributed by atoms with Gasteiger partial charge in [0.15, 0.2) is 0 Å². The fraction of sp³-hybridized carbons (Fsp3) is 0.240. The summed E-state index contributed by atoms with van der Waals surface area (Å²) >= 11 is 3.61. The zero-order chi connectivity index (χ0) is 24.4. The summed E-state index contributed by atoms with van der Waals surface area (Å²) in [6, 6.07) is 14.8. The first-order valence-corrected chi connectivity index (χ1v) is 11.4. The van der Waals surface area contributed by atoms with Crippen LogP contribution in [0.25, 0.3) is 0 Å². The van der Waals surface area contributed by atoms with Gasteiger partial charge in [-0.2, -0.15) is 5.26 Å². The Morgan fingerprint density at radius 1 is 1.12 bits per heavy atom. The van der Waals surface area contributed by atoms with E-state index in [1.165, 1.54) is 19.1 Å². The molecule has 0 aliphatic carbocycles. The van der Waals surface area contributed by atoms with Crippen LogP contribution >= 0.6 is 15.9 Å². The summed E-state index contributed by atoms with van der Waals surface area (Å²) < 4.78 is 11.1. The third kappa shape index (κ3) is 3.85. The largest absolute Gasteiger partial charge is 0.466 e. The van der Waals surface area contributed by atoms with Crippen LogP contribution in [0.15, 0.2) is 69.6 Å². The van der Waals surface area contributed by atoms with E-state index in [9.17, 15) is 14.9 Å². The van der Waals surface area contributed by atoms with Crippen LogP contribution in [0.3, 0.4) is 0 Å². The average molecular weight is 523 g/mol. The molecule has 34 heavy (non-hydrogen) atoms. The van der Waals surface area contributed by atoms with Gasteiger partial charge in [-0.3, -0.25) is 4.90 Å². The number of nitrogens with one attached hydrogen (secondary N) is 1. The van der Waals surface area contributed by atoms with Gasteiger partial charge in [0, 0.05) is 11.0 Å². The number of rotatable bonds is 4. The molecule has 0 saturated heterocycles. The number of halogens is 1. The number of hydrogen-bond acceptors (Lipinski definition) is 8. The Labute approximate surface area is 205 Å². The molecule has 2 aromatic carbocycles. The summed E-state index contributed by atoms with van der Waals surface area (Å²) in [5.41, 5.74) is 9.85. The molecule has 2 heterocycles. The highest BCUT2D eigenvalue weighted by atomic mass is 79.9. The quantitative estimate of drug-likeness (QED) is 0.588. The maximum Gasteiger partial charge on any atom is 0.355 e. The zero-order valence-electron chi connectivity index (χ0n) is 18.7. The number of carbonyl (C=O) groups excluding carboxylic acids is 2. The lowest BCUT2D eigenvalue weighted by Crippen LogP contribution is -2.41. The van der Waals surface area contributed by atoms with Crippen LogP contribution in [0.1, 0.15) is 22.6 Å². The number of benzene rings is 2. The smallest absolute Gasteiger partial charge is 0.355 e. The number of anilines is 1. The SMILES string of the molecule is COC(=O)C1=C(C(=O)OC)N(c2ccc(Br)c3c2CNCC3)C(N)=C(C#N)C1c1ccccc1. The van der Waals surface area contributed by atoms with E-state index in [4.69, 9.17) is 15.2 Å². The summed E-state index contributed by atoms with van der Waals surface area (Å²) in [5, 5.41) is 13.5. The van der Waals surface area contributed by atoms with Gasteiger partial charge in [-0.15, -0.1) is 0 Å². The van der Waals surface area contributed by atoms with Gasteiger partial charge in [0.2, 0.25) is 0 Å². The van der Waals surface area contributed by atoms with Crippen molar-refractivity contribution in [3.8, 4) is 6.07 Å². The predicted octanol–water partition coefficient (Wildman–Crippen LogP) is 2.99. The molecule has 0 amide bonds. The van der Waals surface area contributed by atoms with E-state index in [1.54, 1.807) is 30.3 Å². The Balaban J connectivity index is 2.08. The predicted molar refractivity (Wildman–Crippen MR) is 129 cm³/mol. The zero-order valence-corrected chi connectivity index (χ0v) is 20.3. The Bertz CT molecular complexity index is 1260. The van der Waals surface area contributed by atoms with Gasteiger partial charge in [0.1, 0.15) is 11.5 Å². The standard InChI is InChI=1S/C25H23BrN4O4/c1-33-24(31)21-20(14-6-4-3-5-7-14)16(12-27)23(28)30(22(21)25(32)34-2)19-9-8-18(26)15-10-11-29-13-17(15)19/h3-9,20,29H,10-11,13,28H2,1-2H3. The molecule has 174 valence electrons. The second kappa shape index (κ2) is 9.71.